The molecule has 0 fully saturated rings. The lowest BCUT2D eigenvalue weighted by Crippen LogP contribution is -2.51. The summed E-state index contributed by atoms with van der Waals surface area (Å²) < 4.78 is 31.7. The molecule has 0 bridgehead atoms. The second-order valence-electron chi connectivity index (χ2n) is 7.22. The van der Waals surface area contributed by atoms with Crippen LogP contribution in [0.2, 0.25) is 0 Å². The van der Waals surface area contributed by atoms with E-state index in [0.29, 0.717) is 0 Å². The molecule has 0 spiro atoms. The molecule has 0 aromatic carbocycles. The average Bonchev–Trinajstić information content (AvgIpc) is 2.72. The van der Waals surface area contributed by atoms with Gasteiger partial charge in [-0.2, -0.15) is 13.2 Å². The van der Waals surface area contributed by atoms with Crippen molar-refractivity contribution in [3.05, 3.63) is 0 Å². The van der Waals surface area contributed by atoms with Crippen LogP contribution in [-0.2, 0) is 33.6 Å². The fraction of sp³-hybridized carbons (Fsp3) is 0.611. The van der Waals surface area contributed by atoms with Gasteiger partial charge in [-0.15, -0.1) is 0 Å². The molecule has 0 rings (SSSR count). The van der Waals surface area contributed by atoms with E-state index in [1.54, 1.807) is 0 Å². The average molecular weight is 531 g/mol. The van der Waals surface area contributed by atoms with Crippen LogP contribution in [0.3, 0.4) is 0 Å². The van der Waals surface area contributed by atoms with Gasteiger partial charge in [0.1, 0.15) is 18.1 Å². The van der Waals surface area contributed by atoms with Crippen molar-refractivity contribution in [2.24, 2.45) is 11.5 Å². The molecular formula is C18H28F3N5O10. The molecule has 36 heavy (non-hydrogen) atoms. The van der Waals surface area contributed by atoms with E-state index in [2.05, 4.69) is 16.0 Å². The Morgan fingerprint density at radius 2 is 1.17 bits per heavy atom. The molecule has 0 aliphatic rings. The van der Waals surface area contributed by atoms with Crippen LogP contribution >= 0.6 is 0 Å². The Hall–Kier alpha value is -3.96. The summed E-state index contributed by atoms with van der Waals surface area (Å²) in [6, 6.07) is -4.75. The van der Waals surface area contributed by atoms with Crippen molar-refractivity contribution in [2.45, 2.75) is 69.9 Å². The van der Waals surface area contributed by atoms with E-state index in [4.69, 9.17) is 31.6 Å². The topological polar surface area (TPSA) is 268 Å². The van der Waals surface area contributed by atoms with Crippen LogP contribution in [0.1, 0.15) is 39.5 Å². The number of nitrogens with one attached hydrogen (secondary N) is 3. The summed E-state index contributed by atoms with van der Waals surface area (Å²) in [6.07, 6.45) is -6.11. The molecule has 0 aliphatic carbocycles. The number of hydrogen-bond donors (Lipinski definition) is 8. The third-order valence-electron chi connectivity index (χ3n) is 4.00. The molecule has 206 valence electrons. The molecule has 0 aromatic rings. The van der Waals surface area contributed by atoms with E-state index in [-0.39, 0.29) is 25.7 Å². The third kappa shape index (κ3) is 15.8. The number of carboxylic acid groups (broad SMARTS) is 3. The molecule has 0 saturated heterocycles. The maximum Gasteiger partial charge on any atom is 0.490 e. The van der Waals surface area contributed by atoms with Gasteiger partial charge in [-0.05, 0) is 26.7 Å². The Bertz CT molecular complexity index is 835. The fourth-order valence-electron chi connectivity index (χ4n) is 2.06. The first kappa shape index (κ1) is 34.2. The summed E-state index contributed by atoms with van der Waals surface area (Å²) in [7, 11) is 0. The van der Waals surface area contributed by atoms with Crippen LogP contribution in [0.5, 0.6) is 0 Å². The van der Waals surface area contributed by atoms with Gasteiger partial charge in [0.25, 0.3) is 0 Å². The zero-order chi connectivity index (χ0) is 28.8. The Kier molecular flexibility index (Phi) is 15.1. The highest BCUT2D eigenvalue weighted by molar-refractivity contribution is 5.91. The van der Waals surface area contributed by atoms with Crippen LogP contribution < -0.4 is 27.4 Å². The molecule has 0 heterocycles. The number of nitrogens with two attached hydrogens (primary N) is 2. The van der Waals surface area contributed by atoms with Crippen molar-refractivity contribution in [1.82, 2.24) is 16.0 Å². The summed E-state index contributed by atoms with van der Waals surface area (Å²) in [5.74, 6) is -8.39. The first-order valence-corrected chi connectivity index (χ1v) is 9.99. The second-order valence-corrected chi connectivity index (χ2v) is 7.22. The Morgan fingerprint density at radius 3 is 1.50 bits per heavy atom. The number of alkyl halides is 3. The smallest absolute Gasteiger partial charge is 0.480 e. The number of hydrogen-bond acceptors (Lipinski definition) is 8. The lowest BCUT2D eigenvalue weighted by molar-refractivity contribution is -0.192. The van der Waals surface area contributed by atoms with E-state index in [1.807, 2.05) is 0 Å². The van der Waals surface area contributed by atoms with Crippen LogP contribution in [0.15, 0.2) is 0 Å². The molecule has 0 unspecified atom stereocenters. The molecule has 0 aromatic heterocycles. The fourth-order valence-corrected chi connectivity index (χ4v) is 2.06. The molecule has 18 heteroatoms. The molecular weight excluding hydrogens is 503 g/mol. The van der Waals surface area contributed by atoms with Crippen molar-refractivity contribution >= 4 is 41.5 Å². The van der Waals surface area contributed by atoms with Gasteiger partial charge in [0.2, 0.25) is 23.6 Å². The number of carbonyl (C=O) groups excluding carboxylic acids is 4. The van der Waals surface area contributed by atoms with Gasteiger partial charge in [0, 0.05) is 12.8 Å². The summed E-state index contributed by atoms with van der Waals surface area (Å²) in [6.45, 7) is 2.67. The van der Waals surface area contributed by atoms with E-state index in [0.717, 1.165) is 0 Å². The molecule has 15 nitrogen and oxygen atoms in total. The highest BCUT2D eigenvalue weighted by Crippen LogP contribution is 2.13. The number of carboxylic acids is 3. The predicted molar refractivity (Wildman–Crippen MR) is 112 cm³/mol. The van der Waals surface area contributed by atoms with Gasteiger partial charge in [0.05, 0.1) is 6.04 Å². The first-order chi connectivity index (χ1) is 16.3. The van der Waals surface area contributed by atoms with Crippen molar-refractivity contribution < 1.29 is 62.1 Å². The van der Waals surface area contributed by atoms with Gasteiger partial charge >= 0.3 is 24.1 Å². The Labute approximate surface area is 201 Å². The van der Waals surface area contributed by atoms with Crippen molar-refractivity contribution in [2.75, 3.05) is 0 Å². The molecule has 0 saturated carbocycles. The van der Waals surface area contributed by atoms with Crippen molar-refractivity contribution in [3.8, 4) is 0 Å². The normalized spacial score (nSPS) is 13.9. The van der Waals surface area contributed by atoms with Crippen LogP contribution in [-0.4, -0.2) is 87.2 Å². The van der Waals surface area contributed by atoms with Crippen molar-refractivity contribution in [1.29, 1.82) is 0 Å². The minimum Gasteiger partial charge on any atom is -0.480 e. The van der Waals surface area contributed by atoms with Crippen LogP contribution in [0, 0.1) is 0 Å². The van der Waals surface area contributed by atoms with E-state index >= 15 is 0 Å². The van der Waals surface area contributed by atoms with Gasteiger partial charge in [-0.3, -0.25) is 19.2 Å². The largest absolute Gasteiger partial charge is 0.490 e. The molecule has 0 radical (unpaired) electrons. The minimum absolute atomic E-state index is 0.212. The summed E-state index contributed by atoms with van der Waals surface area (Å²) in [5.41, 5.74) is 10.3. The number of amides is 4. The maximum atomic E-state index is 12.0. The van der Waals surface area contributed by atoms with E-state index in [9.17, 15) is 41.9 Å². The summed E-state index contributed by atoms with van der Waals surface area (Å²) in [4.78, 5) is 77.4. The van der Waals surface area contributed by atoms with Gasteiger partial charge in [-0.25, -0.2) is 14.4 Å². The van der Waals surface area contributed by atoms with Gasteiger partial charge < -0.3 is 42.7 Å². The SMILES string of the molecule is C[C@H](N)C(=O)N[C@@H](CCC(=O)N[C@@H](C)C(=O)N[C@@H](CCC(N)=O)C(=O)O)C(=O)O.O=C(O)C(F)(F)F. The molecule has 4 atom stereocenters. The highest BCUT2D eigenvalue weighted by Gasteiger charge is 2.38. The maximum absolute atomic E-state index is 12.0. The minimum atomic E-state index is -5.08. The molecule has 10 N–H and O–H groups in total. The standard InChI is InChI=1S/C16H27N5O8.C2HF3O2/c1-7(17)13(24)20-10(16(28)29)4-6-12(23)19-8(2)14(25)21-9(15(26)27)3-5-11(18)22;3-2(4,5)1(6)7/h7-10H,3-6,17H2,1-2H3,(H2,18,22)(H,19,23)(H,20,24)(H,21,25)(H,26,27)(H,28,29);(H,6,7)/t7-,8-,9-,10-;/m0./s1. The monoisotopic (exact) mass is 531 g/mol. The van der Waals surface area contributed by atoms with Gasteiger partial charge in [0.15, 0.2) is 0 Å². The first-order valence-electron chi connectivity index (χ1n) is 9.99. The molecule has 0 aliphatic heterocycles. The predicted octanol–water partition coefficient (Wildman–Crippen LogP) is -2.34. The lowest BCUT2D eigenvalue weighted by atomic mass is 10.1. The van der Waals surface area contributed by atoms with Crippen LogP contribution in [0.25, 0.3) is 0 Å². The number of primary amides is 1. The number of halogens is 3. The lowest BCUT2D eigenvalue weighted by Gasteiger charge is -2.19. The Morgan fingerprint density at radius 1 is 0.778 bits per heavy atom. The quantitative estimate of drug-likeness (QED) is 0.125. The number of aliphatic carboxylic acids is 3. The Balaban J connectivity index is 0. The van der Waals surface area contributed by atoms with E-state index in [1.165, 1.54) is 13.8 Å². The highest BCUT2D eigenvalue weighted by atomic mass is 19.4. The zero-order valence-corrected chi connectivity index (χ0v) is 19.1. The summed E-state index contributed by atoms with van der Waals surface area (Å²) >= 11 is 0. The number of carbonyl (C=O) groups is 7. The van der Waals surface area contributed by atoms with E-state index < -0.39 is 71.9 Å². The van der Waals surface area contributed by atoms with Crippen molar-refractivity contribution in [3.63, 3.8) is 0 Å². The summed E-state index contributed by atoms with van der Waals surface area (Å²) in [5, 5.41) is 31.9. The third-order valence-corrected chi connectivity index (χ3v) is 4.00. The van der Waals surface area contributed by atoms with Gasteiger partial charge in [-0.1, -0.05) is 0 Å². The zero-order valence-electron chi connectivity index (χ0n) is 19.1. The molecule has 4 amide bonds. The number of rotatable bonds is 13. The van der Waals surface area contributed by atoms with Crippen LogP contribution in [0.4, 0.5) is 13.2 Å². The second kappa shape index (κ2) is 15.8.